The molecule has 0 atom stereocenters. The fourth-order valence-electron chi connectivity index (χ4n) is 2.42. The van der Waals surface area contributed by atoms with Gasteiger partial charge in [0.15, 0.2) is 5.78 Å². The number of alkyl halides is 3. The molecule has 2 aromatic carbocycles. The molecule has 0 amide bonds. The van der Waals surface area contributed by atoms with E-state index in [2.05, 4.69) is 4.98 Å². The summed E-state index contributed by atoms with van der Waals surface area (Å²) in [5, 5.41) is 1.61. The molecule has 3 rings (SSSR count). The van der Waals surface area contributed by atoms with Crippen LogP contribution in [0.15, 0.2) is 54.6 Å². The topological polar surface area (TPSA) is 30.0 Å². The standard InChI is InChI=1S/C18H12F3NO/c1-11(23)16-10-13-4-2-3-5-15(13)17(22-16)12-6-8-14(9-7-12)18(19,20)21/h2-10H,1H3. The number of hydrogen-bond acceptors (Lipinski definition) is 2. The molecule has 23 heavy (non-hydrogen) atoms. The zero-order valence-corrected chi connectivity index (χ0v) is 12.2. The summed E-state index contributed by atoms with van der Waals surface area (Å²) in [6, 6.07) is 13.8. The molecule has 0 aliphatic rings. The lowest BCUT2D eigenvalue weighted by Crippen LogP contribution is -2.04. The molecule has 0 saturated heterocycles. The van der Waals surface area contributed by atoms with E-state index < -0.39 is 11.7 Å². The lowest BCUT2D eigenvalue weighted by Gasteiger charge is -2.10. The van der Waals surface area contributed by atoms with E-state index >= 15 is 0 Å². The van der Waals surface area contributed by atoms with E-state index in [0.717, 1.165) is 22.9 Å². The second-order valence-corrected chi connectivity index (χ2v) is 5.21. The number of ketones is 1. The molecule has 0 N–H and O–H groups in total. The maximum Gasteiger partial charge on any atom is 0.416 e. The predicted octanol–water partition coefficient (Wildman–Crippen LogP) is 5.12. The summed E-state index contributed by atoms with van der Waals surface area (Å²) < 4.78 is 38.1. The smallest absolute Gasteiger partial charge is 0.293 e. The van der Waals surface area contributed by atoms with Crippen LogP contribution in [0.5, 0.6) is 0 Å². The van der Waals surface area contributed by atoms with Gasteiger partial charge in [0.05, 0.1) is 11.3 Å². The van der Waals surface area contributed by atoms with E-state index in [4.69, 9.17) is 0 Å². The lowest BCUT2D eigenvalue weighted by molar-refractivity contribution is -0.137. The molecule has 0 aliphatic carbocycles. The Morgan fingerprint density at radius 1 is 1.00 bits per heavy atom. The summed E-state index contributed by atoms with van der Waals surface area (Å²) >= 11 is 0. The highest BCUT2D eigenvalue weighted by Crippen LogP contribution is 2.32. The number of pyridine rings is 1. The number of benzene rings is 2. The molecular weight excluding hydrogens is 303 g/mol. The Bertz CT molecular complexity index is 883. The number of fused-ring (bicyclic) bond motifs is 1. The first kappa shape index (κ1) is 15.2. The third-order valence-corrected chi connectivity index (χ3v) is 3.59. The van der Waals surface area contributed by atoms with Crippen LogP contribution >= 0.6 is 0 Å². The Balaban J connectivity index is 2.20. The Morgan fingerprint density at radius 2 is 1.65 bits per heavy atom. The summed E-state index contributed by atoms with van der Waals surface area (Å²) in [5.41, 5.74) is 0.617. The zero-order chi connectivity index (χ0) is 16.6. The Morgan fingerprint density at radius 3 is 2.26 bits per heavy atom. The Hall–Kier alpha value is -2.69. The number of rotatable bonds is 2. The molecule has 116 valence electrons. The van der Waals surface area contributed by atoms with Gasteiger partial charge in [-0.3, -0.25) is 4.79 Å². The molecule has 0 unspecified atom stereocenters. The number of Topliss-reactive ketones (excluding diaryl/α,β-unsaturated/α-hetero) is 1. The van der Waals surface area contributed by atoms with Gasteiger partial charge in [-0.05, 0) is 23.6 Å². The Kier molecular flexibility index (Phi) is 3.64. The first-order valence-corrected chi connectivity index (χ1v) is 6.94. The predicted molar refractivity (Wildman–Crippen MR) is 82.2 cm³/mol. The van der Waals surface area contributed by atoms with Crippen LogP contribution in [0.25, 0.3) is 22.0 Å². The van der Waals surface area contributed by atoms with Crippen LogP contribution < -0.4 is 0 Å². The third kappa shape index (κ3) is 2.95. The minimum absolute atomic E-state index is 0.191. The SMILES string of the molecule is CC(=O)c1cc2ccccc2c(-c2ccc(C(F)(F)F)cc2)n1. The first-order valence-electron chi connectivity index (χ1n) is 6.94. The fraction of sp³-hybridized carbons (Fsp3) is 0.111. The highest BCUT2D eigenvalue weighted by atomic mass is 19.4. The molecule has 0 fully saturated rings. The van der Waals surface area contributed by atoms with Crippen molar-refractivity contribution in [1.29, 1.82) is 0 Å². The van der Waals surface area contributed by atoms with Crippen LogP contribution in [-0.4, -0.2) is 10.8 Å². The van der Waals surface area contributed by atoms with Gasteiger partial charge in [0.1, 0.15) is 5.69 Å². The molecule has 5 heteroatoms. The van der Waals surface area contributed by atoms with Crippen LogP contribution in [0, 0.1) is 0 Å². The number of carbonyl (C=O) groups is 1. The molecule has 0 spiro atoms. The van der Waals surface area contributed by atoms with Crippen LogP contribution in [0.4, 0.5) is 13.2 Å². The highest BCUT2D eigenvalue weighted by molar-refractivity contribution is 6.01. The largest absolute Gasteiger partial charge is 0.416 e. The second-order valence-electron chi connectivity index (χ2n) is 5.21. The molecule has 1 aromatic heterocycles. The minimum Gasteiger partial charge on any atom is -0.293 e. The van der Waals surface area contributed by atoms with E-state index in [0.29, 0.717) is 17.0 Å². The van der Waals surface area contributed by atoms with E-state index in [1.165, 1.54) is 19.1 Å². The van der Waals surface area contributed by atoms with Gasteiger partial charge in [0.25, 0.3) is 0 Å². The Labute approximate surface area is 130 Å². The monoisotopic (exact) mass is 315 g/mol. The van der Waals surface area contributed by atoms with Crippen molar-refractivity contribution in [1.82, 2.24) is 4.98 Å². The fourth-order valence-corrected chi connectivity index (χ4v) is 2.42. The van der Waals surface area contributed by atoms with Gasteiger partial charge >= 0.3 is 6.18 Å². The van der Waals surface area contributed by atoms with Gasteiger partial charge in [-0.25, -0.2) is 4.98 Å². The minimum atomic E-state index is -4.38. The molecule has 3 aromatic rings. The van der Waals surface area contributed by atoms with Crippen molar-refractivity contribution in [3.05, 3.63) is 65.9 Å². The number of nitrogens with zero attached hydrogens (tertiary/aromatic N) is 1. The number of hydrogen-bond donors (Lipinski definition) is 0. The molecule has 2 nitrogen and oxygen atoms in total. The van der Waals surface area contributed by atoms with Crippen molar-refractivity contribution in [3.63, 3.8) is 0 Å². The first-order chi connectivity index (χ1) is 10.9. The highest BCUT2D eigenvalue weighted by Gasteiger charge is 2.30. The van der Waals surface area contributed by atoms with Crippen LogP contribution in [0.2, 0.25) is 0 Å². The quantitative estimate of drug-likeness (QED) is 0.614. The molecule has 0 radical (unpaired) electrons. The zero-order valence-electron chi connectivity index (χ0n) is 12.2. The number of aromatic nitrogens is 1. The van der Waals surface area contributed by atoms with Gasteiger partial charge in [0.2, 0.25) is 0 Å². The maximum absolute atomic E-state index is 12.7. The van der Waals surface area contributed by atoms with E-state index in [-0.39, 0.29) is 5.78 Å². The second kappa shape index (κ2) is 5.50. The summed E-state index contributed by atoms with van der Waals surface area (Å²) in [7, 11) is 0. The normalized spacial score (nSPS) is 11.7. The van der Waals surface area contributed by atoms with Gasteiger partial charge in [-0.1, -0.05) is 36.4 Å². The van der Waals surface area contributed by atoms with Gasteiger partial charge in [-0.15, -0.1) is 0 Å². The molecule has 0 aliphatic heterocycles. The lowest BCUT2D eigenvalue weighted by atomic mass is 10.0. The maximum atomic E-state index is 12.7. The summed E-state index contributed by atoms with van der Waals surface area (Å²) in [4.78, 5) is 16.0. The average molecular weight is 315 g/mol. The van der Waals surface area contributed by atoms with Gasteiger partial charge in [-0.2, -0.15) is 13.2 Å². The summed E-state index contributed by atoms with van der Waals surface area (Å²) in [5.74, 6) is -0.191. The van der Waals surface area contributed by atoms with Crippen molar-refractivity contribution in [3.8, 4) is 11.3 Å². The number of carbonyl (C=O) groups excluding carboxylic acids is 1. The molecule has 0 bridgehead atoms. The van der Waals surface area contributed by atoms with Crippen molar-refractivity contribution < 1.29 is 18.0 Å². The molecule has 1 heterocycles. The van der Waals surface area contributed by atoms with Gasteiger partial charge < -0.3 is 0 Å². The molecule has 0 saturated carbocycles. The van der Waals surface area contributed by atoms with Crippen LogP contribution in [-0.2, 0) is 6.18 Å². The van der Waals surface area contributed by atoms with E-state index in [1.807, 2.05) is 24.3 Å². The van der Waals surface area contributed by atoms with Crippen molar-refractivity contribution >= 4 is 16.6 Å². The molecular formula is C18H12F3NO. The summed E-state index contributed by atoms with van der Waals surface area (Å²) in [6.45, 7) is 1.41. The van der Waals surface area contributed by atoms with Crippen LogP contribution in [0.3, 0.4) is 0 Å². The van der Waals surface area contributed by atoms with E-state index in [9.17, 15) is 18.0 Å². The summed E-state index contributed by atoms with van der Waals surface area (Å²) in [6.07, 6.45) is -4.38. The average Bonchev–Trinajstić information content (AvgIpc) is 2.53. The van der Waals surface area contributed by atoms with Crippen molar-refractivity contribution in [2.75, 3.05) is 0 Å². The van der Waals surface area contributed by atoms with Crippen molar-refractivity contribution in [2.24, 2.45) is 0 Å². The van der Waals surface area contributed by atoms with E-state index in [1.54, 1.807) is 6.07 Å². The van der Waals surface area contributed by atoms with Crippen molar-refractivity contribution in [2.45, 2.75) is 13.1 Å². The number of halogens is 3. The van der Waals surface area contributed by atoms with Gasteiger partial charge in [0, 0.05) is 17.9 Å². The van der Waals surface area contributed by atoms with Crippen LogP contribution in [0.1, 0.15) is 23.0 Å². The third-order valence-electron chi connectivity index (χ3n) is 3.59.